The Morgan fingerprint density at radius 2 is 1.91 bits per heavy atom. The molecule has 0 bridgehead atoms. The Morgan fingerprint density at radius 1 is 1.27 bits per heavy atom. The van der Waals surface area contributed by atoms with Gasteiger partial charge in [-0.15, -0.1) is 0 Å². The summed E-state index contributed by atoms with van der Waals surface area (Å²) in [6.07, 6.45) is 0. The first-order valence-electron chi connectivity index (χ1n) is 3.76. The van der Waals surface area contributed by atoms with Crippen LogP contribution in [0.15, 0.2) is 30.3 Å². The van der Waals surface area contributed by atoms with E-state index in [0.717, 1.165) is 0 Å². The first-order chi connectivity index (χ1) is 5.34. The minimum atomic E-state index is 0.237. The van der Waals surface area contributed by atoms with Crippen LogP contribution in [-0.2, 0) is 0 Å². The van der Waals surface area contributed by atoms with Crippen molar-refractivity contribution in [1.29, 1.82) is 0 Å². The third-order valence-corrected chi connectivity index (χ3v) is 1.60. The summed E-state index contributed by atoms with van der Waals surface area (Å²) in [6.45, 7) is 3.88. The molecule has 1 rings (SSSR count). The fourth-order valence-corrected chi connectivity index (χ4v) is 1.000. The van der Waals surface area contributed by atoms with Gasteiger partial charge in [0.2, 0.25) is 0 Å². The maximum absolute atomic E-state index is 4.14. The summed E-state index contributed by atoms with van der Waals surface area (Å²) in [5, 5.41) is 0. The highest BCUT2D eigenvalue weighted by molar-refractivity contribution is 5.21. The lowest BCUT2D eigenvalue weighted by molar-refractivity contribution is 0.962. The maximum atomic E-state index is 4.14. The molecule has 11 heavy (non-hydrogen) atoms. The van der Waals surface area contributed by atoms with Crippen LogP contribution in [0.1, 0.15) is 25.5 Å². The van der Waals surface area contributed by atoms with E-state index in [4.69, 9.17) is 0 Å². The van der Waals surface area contributed by atoms with Gasteiger partial charge in [0.1, 0.15) is 0 Å². The van der Waals surface area contributed by atoms with Crippen LogP contribution in [0.5, 0.6) is 0 Å². The minimum absolute atomic E-state index is 0.237. The zero-order chi connectivity index (χ0) is 8.10. The summed E-state index contributed by atoms with van der Waals surface area (Å²) in [4.78, 5) is 4.14. The maximum Gasteiger partial charge on any atom is 0.294 e. The second-order valence-corrected chi connectivity index (χ2v) is 2.44. The number of rotatable bonds is 1. The minimum Gasteiger partial charge on any atom is -0.0758 e. The van der Waals surface area contributed by atoms with Crippen molar-refractivity contribution in [2.24, 2.45) is 0 Å². The van der Waals surface area contributed by atoms with Crippen molar-refractivity contribution in [2.75, 3.05) is 0 Å². The molecule has 0 N–H and O–H groups in total. The molecule has 1 aromatic rings. The zero-order valence-electron chi connectivity index (χ0n) is 6.91. The van der Waals surface area contributed by atoms with Crippen LogP contribution in [0.3, 0.4) is 0 Å². The van der Waals surface area contributed by atoms with Gasteiger partial charge in [0, 0.05) is 12.5 Å². The Hall–Kier alpha value is -1.29. The molecule has 1 aromatic carbocycles. The van der Waals surface area contributed by atoms with Crippen molar-refractivity contribution < 1.29 is 0 Å². The summed E-state index contributed by atoms with van der Waals surface area (Å²) in [6, 6.07) is 13.2. The second-order valence-electron chi connectivity index (χ2n) is 2.44. The lowest BCUT2D eigenvalue weighted by atomic mass is 10.1. The van der Waals surface area contributed by atoms with E-state index in [1.807, 2.05) is 25.1 Å². The smallest absolute Gasteiger partial charge is 0.0758 e. The molecule has 0 unspecified atom stereocenters. The molecule has 0 saturated carbocycles. The molecule has 0 aromatic heterocycles. The van der Waals surface area contributed by atoms with Gasteiger partial charge in [-0.3, -0.25) is 0 Å². The average molecular weight is 146 g/mol. The van der Waals surface area contributed by atoms with Crippen molar-refractivity contribution in [3.05, 3.63) is 40.7 Å². The molecule has 0 radical (unpaired) electrons. The summed E-state index contributed by atoms with van der Waals surface area (Å²) >= 11 is 0. The fraction of sp³-hybridized carbons (Fsp3) is 0.300. The first kappa shape index (κ1) is 7.81. The Kier molecular flexibility index (Phi) is 2.68. The van der Waals surface area contributed by atoms with Gasteiger partial charge in [-0.05, 0) is 0 Å². The summed E-state index contributed by atoms with van der Waals surface area (Å²) < 4.78 is 0. The van der Waals surface area contributed by atoms with Crippen LogP contribution in [0.4, 0.5) is 0 Å². The van der Waals surface area contributed by atoms with Gasteiger partial charge >= 0.3 is 0 Å². The molecule has 0 aliphatic carbocycles. The third-order valence-electron chi connectivity index (χ3n) is 1.60. The van der Waals surface area contributed by atoms with E-state index >= 15 is 0 Å². The van der Waals surface area contributed by atoms with Crippen LogP contribution in [0.2, 0.25) is 0 Å². The predicted molar refractivity (Wildman–Crippen MR) is 47.8 cm³/mol. The molecule has 0 fully saturated rings. The standard InChI is InChI=1S/C10H12N/c1-3-11-9(2)10-7-5-4-6-8-10/h4-9H,1-2H3/q+1/t9-/m1/s1. The van der Waals surface area contributed by atoms with E-state index in [1.165, 1.54) is 5.56 Å². The van der Waals surface area contributed by atoms with E-state index in [1.54, 1.807) is 0 Å². The lowest BCUT2D eigenvalue weighted by Crippen LogP contribution is -1.84. The van der Waals surface area contributed by atoms with Gasteiger partial charge in [-0.1, -0.05) is 35.2 Å². The Balaban J connectivity index is 2.82. The van der Waals surface area contributed by atoms with Crippen LogP contribution in [-0.4, -0.2) is 0 Å². The van der Waals surface area contributed by atoms with Crippen molar-refractivity contribution in [2.45, 2.75) is 19.9 Å². The van der Waals surface area contributed by atoms with Crippen molar-refractivity contribution in [3.63, 3.8) is 0 Å². The molecule has 0 aliphatic heterocycles. The van der Waals surface area contributed by atoms with E-state index in [9.17, 15) is 0 Å². The van der Waals surface area contributed by atoms with Gasteiger partial charge in [-0.25, -0.2) is 0 Å². The molecule has 0 amide bonds. The van der Waals surface area contributed by atoms with Crippen LogP contribution in [0.25, 0.3) is 4.85 Å². The van der Waals surface area contributed by atoms with Crippen LogP contribution >= 0.6 is 0 Å². The zero-order valence-corrected chi connectivity index (χ0v) is 6.91. The molecular weight excluding hydrogens is 134 g/mol. The summed E-state index contributed by atoms with van der Waals surface area (Å²) in [5.41, 5.74) is 1.24. The highest BCUT2D eigenvalue weighted by Crippen LogP contribution is 2.14. The molecule has 0 spiro atoms. The Bertz CT molecular complexity index is 266. The Morgan fingerprint density at radius 3 is 2.45 bits per heavy atom. The van der Waals surface area contributed by atoms with Gasteiger partial charge in [0.25, 0.3) is 12.1 Å². The van der Waals surface area contributed by atoms with E-state index < -0.39 is 0 Å². The highest BCUT2D eigenvalue weighted by atomic mass is 14.7. The SMILES string of the molecule is CC#[N+][C@H](C)c1ccccc1. The lowest BCUT2D eigenvalue weighted by Gasteiger charge is -1.92. The molecular formula is C10H12N+. The van der Waals surface area contributed by atoms with Crippen molar-refractivity contribution in [1.82, 2.24) is 0 Å². The topological polar surface area (TPSA) is 4.36 Å². The second kappa shape index (κ2) is 3.78. The fourth-order valence-electron chi connectivity index (χ4n) is 1.000. The predicted octanol–water partition coefficient (Wildman–Crippen LogP) is 3.10. The molecule has 0 aliphatic rings. The molecule has 56 valence electrons. The third kappa shape index (κ3) is 2.09. The van der Waals surface area contributed by atoms with Gasteiger partial charge < -0.3 is 0 Å². The van der Waals surface area contributed by atoms with E-state index in [-0.39, 0.29) is 6.04 Å². The molecule has 1 nitrogen and oxygen atoms in total. The summed E-state index contributed by atoms with van der Waals surface area (Å²) in [5.74, 6) is 0. The first-order valence-corrected chi connectivity index (χ1v) is 3.76. The van der Waals surface area contributed by atoms with Gasteiger partial charge in [0.05, 0.1) is 6.92 Å². The number of hydrogen-bond acceptors (Lipinski definition) is 0. The monoisotopic (exact) mass is 146 g/mol. The molecule has 1 atom stereocenters. The van der Waals surface area contributed by atoms with Crippen molar-refractivity contribution >= 4 is 0 Å². The molecule has 0 heterocycles. The molecule has 1 heteroatoms. The van der Waals surface area contributed by atoms with Crippen molar-refractivity contribution in [3.8, 4) is 6.07 Å². The Labute approximate surface area is 67.5 Å². The number of benzene rings is 1. The summed E-state index contributed by atoms with van der Waals surface area (Å²) in [7, 11) is 0. The normalized spacial score (nSPS) is 11.5. The van der Waals surface area contributed by atoms with Gasteiger partial charge in [-0.2, -0.15) is 0 Å². The number of hydrogen-bond donors (Lipinski definition) is 0. The van der Waals surface area contributed by atoms with Crippen LogP contribution < -0.4 is 0 Å². The van der Waals surface area contributed by atoms with E-state index in [0.29, 0.717) is 0 Å². The highest BCUT2D eigenvalue weighted by Gasteiger charge is 2.09. The largest absolute Gasteiger partial charge is 0.294 e. The quantitative estimate of drug-likeness (QED) is 0.573. The average Bonchev–Trinajstić information content (AvgIpc) is 2.07. The van der Waals surface area contributed by atoms with E-state index in [2.05, 4.69) is 30.0 Å². The molecule has 0 saturated heterocycles. The number of nitrogens with zero attached hydrogens (tertiary/aromatic N) is 1. The van der Waals surface area contributed by atoms with Crippen LogP contribution in [0, 0.1) is 6.07 Å². The van der Waals surface area contributed by atoms with Gasteiger partial charge in [0.15, 0.2) is 0 Å².